The molecule has 0 bridgehead atoms. The molecular weight excluding hydrogens is 1480 g/mol. The Morgan fingerprint density at radius 1 is 0.127 bits per heavy atom. The maximum absolute atomic E-state index is 10.3. The number of benzene rings is 5. The van der Waals surface area contributed by atoms with Crippen molar-refractivity contribution >= 4 is 119 Å². The second-order valence-corrected chi connectivity index (χ2v) is 20.9. The molecule has 40 nitrogen and oxygen atoms in total. The molecule has 40 heteroatoms. The van der Waals surface area contributed by atoms with Gasteiger partial charge in [0.15, 0.2) is 0 Å². The summed E-state index contributed by atoms with van der Waals surface area (Å²) in [6, 6.07) is 25.1. The Morgan fingerprint density at radius 3 is 0.218 bits per heavy atom. The van der Waals surface area contributed by atoms with Crippen molar-refractivity contribution in [2.24, 2.45) is 0 Å². The van der Waals surface area contributed by atoms with E-state index in [1.54, 1.807) is 0 Å². The van der Waals surface area contributed by atoms with E-state index < -0.39 is 119 Å². The van der Waals surface area contributed by atoms with Gasteiger partial charge in [-0.1, -0.05) is 0 Å². The number of carboxylic acid groups (broad SMARTS) is 20. The molecule has 5 rings (SSSR count). The van der Waals surface area contributed by atoms with Gasteiger partial charge in [-0.2, -0.15) is 0 Å². The first-order chi connectivity index (χ1) is 51.2. The first-order valence-electron chi connectivity index (χ1n) is 31.2. The molecular formula is C70H80O40. The van der Waals surface area contributed by atoms with Gasteiger partial charge in [-0.3, -0.25) is 47.9 Å². The lowest BCUT2D eigenvalue weighted by atomic mass is 10.1. The largest absolute Gasteiger partial charge is 0.481 e. The van der Waals surface area contributed by atoms with E-state index in [4.69, 9.17) is 102 Å². The average Bonchev–Trinajstić information content (AvgIpc) is 0.916. The third kappa shape index (κ3) is 65.5. The molecule has 110 heavy (non-hydrogen) atoms. The van der Waals surface area contributed by atoms with E-state index in [1.807, 2.05) is 0 Å². The van der Waals surface area contributed by atoms with Gasteiger partial charge in [0, 0.05) is 64.2 Å². The highest BCUT2D eigenvalue weighted by molar-refractivity contribution is 5.95. The normalized spacial score (nSPS) is 9.27. The molecule has 0 saturated heterocycles. The lowest BCUT2D eigenvalue weighted by Gasteiger charge is -1.94. The summed E-state index contributed by atoms with van der Waals surface area (Å²) < 4.78 is 0. The van der Waals surface area contributed by atoms with Gasteiger partial charge in [-0.15, -0.1) is 0 Å². The van der Waals surface area contributed by atoms with Crippen molar-refractivity contribution in [3.05, 3.63) is 177 Å². The summed E-state index contributed by atoms with van der Waals surface area (Å²) in [7, 11) is 0. The smallest absolute Gasteiger partial charge is 0.335 e. The van der Waals surface area contributed by atoms with Crippen molar-refractivity contribution in [3.63, 3.8) is 0 Å². The molecule has 0 heterocycles. The zero-order valence-electron chi connectivity index (χ0n) is 57.8. The summed E-state index contributed by atoms with van der Waals surface area (Å²) in [5, 5.41) is 166. The van der Waals surface area contributed by atoms with Gasteiger partial charge in [-0.25, -0.2) is 47.9 Å². The van der Waals surface area contributed by atoms with Crippen molar-refractivity contribution in [1.29, 1.82) is 0 Å². The number of hydrogen-bond acceptors (Lipinski definition) is 20. The van der Waals surface area contributed by atoms with E-state index in [-0.39, 0.29) is 120 Å². The first-order valence-corrected chi connectivity index (χ1v) is 31.2. The van der Waals surface area contributed by atoms with Crippen LogP contribution in [0.5, 0.6) is 0 Å². The van der Waals surface area contributed by atoms with Gasteiger partial charge in [0.25, 0.3) is 0 Å². The molecule has 0 atom stereocenters. The van der Waals surface area contributed by atoms with Crippen LogP contribution in [0, 0.1) is 0 Å². The predicted octanol–water partition coefficient (Wildman–Crippen LogP) is 9.00. The van der Waals surface area contributed by atoms with Gasteiger partial charge in [-0.05, 0) is 186 Å². The molecule has 0 saturated carbocycles. The number of carboxylic acids is 20. The highest BCUT2D eigenvalue weighted by Gasteiger charge is 2.11. The molecule has 0 spiro atoms. The zero-order chi connectivity index (χ0) is 85.6. The highest BCUT2D eigenvalue weighted by atomic mass is 16.4. The maximum atomic E-state index is 10.3. The monoisotopic (exact) mass is 1560 g/mol. The van der Waals surface area contributed by atoms with Crippen molar-refractivity contribution < 1.29 is 198 Å². The lowest BCUT2D eigenvalue weighted by molar-refractivity contribution is -0.139. The van der Waals surface area contributed by atoms with Crippen molar-refractivity contribution in [3.8, 4) is 0 Å². The van der Waals surface area contributed by atoms with E-state index in [9.17, 15) is 95.9 Å². The number of hydrogen-bond donors (Lipinski definition) is 20. The van der Waals surface area contributed by atoms with E-state index in [2.05, 4.69) is 0 Å². The number of unbranched alkanes of at least 4 members (excludes halogenated alkanes) is 5. The molecule has 5 aromatic rings. The Hall–Kier alpha value is -14.5. The fourth-order valence-corrected chi connectivity index (χ4v) is 6.54. The van der Waals surface area contributed by atoms with Crippen LogP contribution in [0.2, 0.25) is 0 Å². The lowest BCUT2D eigenvalue weighted by Crippen LogP contribution is -1.99. The summed E-state index contributed by atoms with van der Waals surface area (Å²) in [5.41, 5.74) is 0.833. The minimum Gasteiger partial charge on any atom is -0.481 e. The third-order valence-corrected chi connectivity index (χ3v) is 12.1. The maximum Gasteiger partial charge on any atom is 0.335 e. The van der Waals surface area contributed by atoms with E-state index in [1.165, 1.54) is 121 Å². The Bertz CT molecular complexity index is 2990. The van der Waals surface area contributed by atoms with E-state index in [0.29, 0.717) is 64.2 Å². The second kappa shape index (κ2) is 61.9. The summed E-state index contributed by atoms with van der Waals surface area (Å²) in [6.07, 6.45) is 5.09. The molecule has 0 aliphatic rings. The van der Waals surface area contributed by atoms with Gasteiger partial charge < -0.3 is 102 Å². The average molecular weight is 1560 g/mol. The van der Waals surface area contributed by atoms with Crippen molar-refractivity contribution in [2.75, 3.05) is 0 Å². The van der Waals surface area contributed by atoms with E-state index in [0.717, 1.165) is 0 Å². The summed E-state index contributed by atoms with van der Waals surface area (Å²) >= 11 is 0. The first kappa shape index (κ1) is 104. The number of carbonyl (C=O) groups is 20. The number of rotatable bonds is 35. The Kier molecular flexibility index (Phi) is 58.6. The Labute approximate surface area is 620 Å². The molecule has 0 unspecified atom stereocenters. The zero-order valence-corrected chi connectivity index (χ0v) is 57.8. The fourth-order valence-electron chi connectivity index (χ4n) is 6.54. The van der Waals surface area contributed by atoms with Crippen LogP contribution in [0.25, 0.3) is 0 Å². The predicted molar refractivity (Wildman–Crippen MR) is 371 cm³/mol. The number of aromatic carboxylic acids is 10. The van der Waals surface area contributed by atoms with Crippen LogP contribution in [0.4, 0.5) is 0 Å². The molecule has 0 aromatic heterocycles. The molecule has 0 radical (unpaired) electrons. The molecule has 20 N–H and O–H groups in total. The van der Waals surface area contributed by atoms with Gasteiger partial charge in [0.1, 0.15) is 0 Å². The molecule has 5 aromatic carbocycles. The highest BCUT2D eigenvalue weighted by Crippen LogP contribution is 2.10. The summed E-state index contributed by atoms with van der Waals surface area (Å²) in [6.45, 7) is 0. The SMILES string of the molecule is O=C(O)CCCCC(=O)O.O=C(O)CCCCC(=O)O.O=C(O)CCCCC(=O)O.O=C(O)CCCCC(=O)O.O=C(O)CCCCC(=O)O.O=C(O)c1ccc(C(=O)O)cc1.O=C(O)c1ccc(C(=O)O)cc1.O=C(O)c1ccc(C(=O)O)cc1.O=C(O)c1ccc(C(=O)O)cc1.O=C(O)c1ccc(C(=O)O)cc1. The topological polar surface area (TPSA) is 746 Å². The molecule has 0 fully saturated rings. The van der Waals surface area contributed by atoms with Crippen LogP contribution in [0.15, 0.2) is 121 Å². The standard InChI is InChI=1S/5C8H6O4.5C6H10O4/c5*9-7(10)5-1-2-6(4-3-5)8(11)12;5*7-5(8)3-1-2-4-6(9)10/h5*1-4H,(H,9,10)(H,11,12);5*1-4H2,(H,7,8)(H,9,10). The summed E-state index contributed by atoms with van der Waals surface area (Å²) in [5.74, 6) is -19.3. The quantitative estimate of drug-likeness (QED) is 0.0168. The Morgan fingerprint density at radius 2 is 0.182 bits per heavy atom. The van der Waals surface area contributed by atoms with Gasteiger partial charge >= 0.3 is 119 Å². The second-order valence-electron chi connectivity index (χ2n) is 20.9. The van der Waals surface area contributed by atoms with Crippen LogP contribution in [0.3, 0.4) is 0 Å². The van der Waals surface area contributed by atoms with Gasteiger partial charge in [0.05, 0.1) is 55.6 Å². The van der Waals surface area contributed by atoms with Crippen LogP contribution in [0.1, 0.15) is 232 Å². The fraction of sp³-hybridized carbons (Fsp3) is 0.286. The van der Waals surface area contributed by atoms with Crippen LogP contribution < -0.4 is 0 Å². The minimum absolute atomic E-state index is 0.0628. The van der Waals surface area contributed by atoms with Crippen molar-refractivity contribution in [2.45, 2.75) is 128 Å². The van der Waals surface area contributed by atoms with Crippen molar-refractivity contribution in [1.82, 2.24) is 0 Å². The molecule has 0 amide bonds. The number of aliphatic carboxylic acids is 10. The molecule has 600 valence electrons. The minimum atomic E-state index is -1.06. The molecule has 0 aliphatic carbocycles. The third-order valence-electron chi connectivity index (χ3n) is 12.1. The molecule has 0 aliphatic heterocycles. The van der Waals surface area contributed by atoms with Crippen LogP contribution in [-0.2, 0) is 47.9 Å². The van der Waals surface area contributed by atoms with E-state index >= 15 is 0 Å². The van der Waals surface area contributed by atoms with Crippen LogP contribution in [-0.4, -0.2) is 222 Å². The van der Waals surface area contributed by atoms with Gasteiger partial charge in [0.2, 0.25) is 0 Å². The summed E-state index contributed by atoms with van der Waals surface area (Å²) in [4.78, 5) is 202. The van der Waals surface area contributed by atoms with Crippen LogP contribution >= 0.6 is 0 Å². The Balaban J connectivity index is -0.000000372.